The minimum absolute atomic E-state index is 0.0586. The van der Waals surface area contributed by atoms with Gasteiger partial charge in [0.2, 0.25) is 0 Å². The minimum atomic E-state index is -0.122. The van der Waals surface area contributed by atoms with Gasteiger partial charge in [0.05, 0.1) is 18.8 Å². The van der Waals surface area contributed by atoms with Gasteiger partial charge >= 0.3 is 0 Å². The van der Waals surface area contributed by atoms with Crippen LogP contribution in [0.2, 0.25) is 0 Å². The number of hydrogen-bond acceptors (Lipinski definition) is 2. The highest BCUT2D eigenvalue weighted by Gasteiger charge is 2.72. The zero-order chi connectivity index (χ0) is 22.9. The molecule has 0 spiro atoms. The summed E-state index contributed by atoms with van der Waals surface area (Å²) >= 11 is 0. The Balaban J connectivity index is 1.39. The quantitative estimate of drug-likeness (QED) is 0.428. The molecule has 2 heteroatoms. The van der Waals surface area contributed by atoms with Crippen LogP contribution in [0.25, 0.3) is 0 Å². The molecule has 1 N–H and O–H groups in total. The summed E-state index contributed by atoms with van der Waals surface area (Å²) in [6.45, 7) is 18.9. The monoisotopic (exact) mass is 442 g/mol. The second-order valence-electron chi connectivity index (χ2n) is 15.7. The molecule has 0 aromatic rings. The van der Waals surface area contributed by atoms with Gasteiger partial charge in [-0.3, -0.25) is 0 Å². The fraction of sp³-hybridized carbons (Fsp3) is 1.00. The van der Waals surface area contributed by atoms with Crippen LogP contribution in [0.3, 0.4) is 0 Å². The molecule has 0 radical (unpaired) electrons. The fourth-order valence-electron chi connectivity index (χ4n) is 12.0. The predicted molar refractivity (Wildman–Crippen MR) is 130 cm³/mol. The Morgan fingerprint density at radius 3 is 2.16 bits per heavy atom. The molecular formula is C30H50O2. The molecule has 0 amide bonds. The topological polar surface area (TPSA) is 29.5 Å². The summed E-state index contributed by atoms with van der Waals surface area (Å²) in [7, 11) is 0. The first kappa shape index (κ1) is 22.4. The van der Waals surface area contributed by atoms with Crippen molar-refractivity contribution in [3.8, 4) is 0 Å². The maximum Gasteiger partial charge on any atom is 0.0663 e. The summed E-state index contributed by atoms with van der Waals surface area (Å²) in [4.78, 5) is 0. The lowest BCUT2D eigenvalue weighted by Crippen LogP contribution is -2.67. The Morgan fingerprint density at radius 1 is 0.688 bits per heavy atom. The highest BCUT2D eigenvalue weighted by atomic mass is 16.5. The van der Waals surface area contributed by atoms with E-state index in [9.17, 15) is 5.11 Å². The predicted octanol–water partition coefficient (Wildman–Crippen LogP) is 7.24. The van der Waals surface area contributed by atoms with Crippen molar-refractivity contribution in [2.45, 2.75) is 125 Å². The number of aliphatic hydroxyl groups is 1. The summed E-state index contributed by atoms with van der Waals surface area (Å²) in [5.41, 5.74) is 2.16. The maximum absolute atomic E-state index is 10.9. The van der Waals surface area contributed by atoms with E-state index in [0.717, 1.165) is 30.8 Å². The molecule has 182 valence electrons. The van der Waals surface area contributed by atoms with E-state index in [-0.39, 0.29) is 11.5 Å². The standard InChI is InChI=1S/C30H50O2/c1-25(2)14-16-30-17-15-28(6)19(23(30)24(25)32-18-30)8-9-21-27(5)12-11-22(31)26(3,4)20(27)10-13-29(21,28)7/h19-24,31H,8-18H2,1-7H3/t19-,20?,21-,22+,23+,24+,27+,28-,29-,30-/m1/s1. The van der Waals surface area contributed by atoms with Gasteiger partial charge in [-0.15, -0.1) is 0 Å². The van der Waals surface area contributed by atoms with Gasteiger partial charge in [-0.25, -0.2) is 0 Å². The second kappa shape index (κ2) is 6.37. The Hall–Kier alpha value is -0.0800. The van der Waals surface area contributed by atoms with Crippen molar-refractivity contribution < 1.29 is 9.84 Å². The number of rotatable bonds is 0. The molecule has 5 aliphatic carbocycles. The highest BCUT2D eigenvalue weighted by molar-refractivity contribution is 5.21. The van der Waals surface area contributed by atoms with E-state index in [4.69, 9.17) is 4.74 Å². The van der Waals surface area contributed by atoms with Crippen LogP contribution in [-0.2, 0) is 4.74 Å². The normalized spacial score (nSPS) is 60.0. The van der Waals surface area contributed by atoms with E-state index in [2.05, 4.69) is 48.5 Å². The average molecular weight is 443 g/mol. The van der Waals surface area contributed by atoms with Gasteiger partial charge in [0, 0.05) is 0 Å². The summed E-state index contributed by atoms with van der Waals surface area (Å²) in [6, 6.07) is 0. The smallest absolute Gasteiger partial charge is 0.0663 e. The zero-order valence-electron chi connectivity index (χ0n) is 22.1. The van der Waals surface area contributed by atoms with Gasteiger partial charge in [0.15, 0.2) is 0 Å². The van der Waals surface area contributed by atoms with Gasteiger partial charge in [0.1, 0.15) is 0 Å². The first-order valence-corrected chi connectivity index (χ1v) is 14.1. The summed E-state index contributed by atoms with van der Waals surface area (Å²) < 4.78 is 6.71. The fourth-order valence-corrected chi connectivity index (χ4v) is 12.0. The molecule has 1 aliphatic heterocycles. The molecule has 10 atom stereocenters. The third-order valence-electron chi connectivity index (χ3n) is 14.1. The van der Waals surface area contributed by atoms with Gasteiger partial charge < -0.3 is 9.84 Å². The third-order valence-corrected chi connectivity index (χ3v) is 14.1. The van der Waals surface area contributed by atoms with Crippen LogP contribution in [0, 0.1) is 56.2 Å². The van der Waals surface area contributed by atoms with E-state index in [1.165, 1.54) is 57.8 Å². The SMILES string of the molecule is CC1(C)CC[C@]23CC[C@]4(C)[C@H](CC[C@@H]5[C@@]6(C)CC[C@H](O)C(C)(C)C6CC[C@]54C)[C@H]2[C@@H]1OC3. The lowest BCUT2D eigenvalue weighted by atomic mass is 9.31. The second-order valence-corrected chi connectivity index (χ2v) is 15.7. The van der Waals surface area contributed by atoms with Gasteiger partial charge in [-0.2, -0.15) is 0 Å². The van der Waals surface area contributed by atoms with Crippen LogP contribution in [0.15, 0.2) is 0 Å². The minimum Gasteiger partial charge on any atom is -0.393 e. The molecule has 1 heterocycles. The molecule has 0 aromatic carbocycles. The van der Waals surface area contributed by atoms with E-state index in [1.54, 1.807) is 0 Å². The molecule has 0 aromatic heterocycles. The van der Waals surface area contributed by atoms with E-state index in [1.807, 2.05) is 0 Å². The molecule has 2 bridgehead atoms. The van der Waals surface area contributed by atoms with Crippen molar-refractivity contribution in [3.05, 3.63) is 0 Å². The average Bonchev–Trinajstić information content (AvgIpc) is 3.05. The molecule has 6 fully saturated rings. The molecule has 32 heavy (non-hydrogen) atoms. The Labute approximate surface area is 197 Å². The van der Waals surface area contributed by atoms with Crippen molar-refractivity contribution in [1.82, 2.24) is 0 Å². The number of fused-ring (bicyclic) bond motifs is 5. The van der Waals surface area contributed by atoms with Crippen molar-refractivity contribution >= 4 is 0 Å². The van der Waals surface area contributed by atoms with Gasteiger partial charge in [0.25, 0.3) is 0 Å². The van der Waals surface area contributed by atoms with Gasteiger partial charge in [-0.05, 0) is 120 Å². The van der Waals surface area contributed by atoms with Crippen LogP contribution in [-0.4, -0.2) is 23.9 Å². The molecule has 6 rings (SSSR count). The zero-order valence-corrected chi connectivity index (χ0v) is 22.1. The largest absolute Gasteiger partial charge is 0.393 e. The van der Waals surface area contributed by atoms with Crippen molar-refractivity contribution in [2.24, 2.45) is 56.2 Å². The van der Waals surface area contributed by atoms with Crippen molar-refractivity contribution in [3.63, 3.8) is 0 Å². The molecule has 5 saturated carbocycles. The maximum atomic E-state index is 10.9. The molecular weight excluding hydrogens is 392 g/mol. The molecule has 6 aliphatic rings. The highest BCUT2D eigenvalue weighted by Crippen LogP contribution is 2.78. The molecule has 2 nitrogen and oxygen atoms in total. The Bertz CT molecular complexity index is 801. The van der Waals surface area contributed by atoms with Crippen molar-refractivity contribution in [2.75, 3.05) is 6.61 Å². The first-order valence-electron chi connectivity index (χ1n) is 14.1. The van der Waals surface area contributed by atoms with E-state index < -0.39 is 0 Å². The lowest BCUT2D eigenvalue weighted by molar-refractivity contribution is -0.252. The number of hydrogen-bond donors (Lipinski definition) is 1. The Kier molecular flexibility index (Phi) is 4.46. The first-order chi connectivity index (χ1) is 14.8. The Morgan fingerprint density at radius 2 is 1.41 bits per heavy atom. The van der Waals surface area contributed by atoms with E-state index in [0.29, 0.717) is 39.1 Å². The number of aliphatic hydroxyl groups excluding tert-OH is 1. The summed E-state index contributed by atoms with van der Waals surface area (Å²) in [5, 5.41) is 10.9. The van der Waals surface area contributed by atoms with Crippen LogP contribution in [0.5, 0.6) is 0 Å². The number of ether oxygens (including phenoxy) is 1. The van der Waals surface area contributed by atoms with Crippen LogP contribution >= 0.6 is 0 Å². The van der Waals surface area contributed by atoms with Gasteiger partial charge in [-0.1, -0.05) is 48.5 Å². The summed E-state index contributed by atoms with van der Waals surface area (Å²) in [5.74, 6) is 3.11. The molecule has 1 saturated heterocycles. The lowest BCUT2D eigenvalue weighted by Gasteiger charge is -2.73. The third kappa shape index (κ3) is 2.41. The molecule has 1 unspecified atom stereocenters. The van der Waals surface area contributed by atoms with Crippen LogP contribution in [0.1, 0.15) is 113 Å². The van der Waals surface area contributed by atoms with Crippen molar-refractivity contribution in [1.29, 1.82) is 0 Å². The van der Waals surface area contributed by atoms with Crippen LogP contribution in [0.4, 0.5) is 0 Å². The van der Waals surface area contributed by atoms with Crippen LogP contribution < -0.4 is 0 Å². The van der Waals surface area contributed by atoms with E-state index >= 15 is 0 Å². The summed E-state index contributed by atoms with van der Waals surface area (Å²) in [6.07, 6.45) is 13.7.